The Morgan fingerprint density at radius 3 is 2.59 bits per heavy atom. The largest absolute Gasteiger partial charge is 0.494 e. The molecule has 29 heavy (non-hydrogen) atoms. The number of ether oxygens (including phenoxy) is 2. The summed E-state index contributed by atoms with van der Waals surface area (Å²) in [7, 11) is 0. The third-order valence-corrected chi connectivity index (χ3v) is 6.02. The maximum absolute atomic E-state index is 12.4. The number of aromatic nitrogens is 1. The van der Waals surface area contributed by atoms with Gasteiger partial charge < -0.3 is 14.8 Å². The number of thiophene rings is 1. The van der Waals surface area contributed by atoms with E-state index in [-0.39, 0.29) is 18.3 Å². The second-order valence-electron chi connectivity index (χ2n) is 6.17. The third-order valence-electron chi connectivity index (χ3n) is 3.95. The van der Waals surface area contributed by atoms with Crippen molar-refractivity contribution in [2.45, 2.75) is 27.2 Å². The van der Waals surface area contributed by atoms with Crippen molar-refractivity contribution < 1.29 is 19.1 Å². The van der Waals surface area contributed by atoms with E-state index in [1.54, 1.807) is 13.0 Å². The molecule has 0 unspecified atom stereocenters. The highest BCUT2D eigenvalue weighted by Crippen LogP contribution is 2.28. The highest BCUT2D eigenvalue weighted by atomic mass is 32.1. The van der Waals surface area contributed by atoms with Crippen LogP contribution in [-0.2, 0) is 16.0 Å². The van der Waals surface area contributed by atoms with E-state index in [0.29, 0.717) is 28.8 Å². The first-order valence-corrected chi connectivity index (χ1v) is 10.9. The van der Waals surface area contributed by atoms with Gasteiger partial charge in [0.05, 0.1) is 30.3 Å². The van der Waals surface area contributed by atoms with Gasteiger partial charge in [-0.1, -0.05) is 0 Å². The quantitative estimate of drug-likeness (QED) is 0.512. The van der Waals surface area contributed by atoms with Gasteiger partial charge in [-0.3, -0.25) is 4.79 Å². The lowest BCUT2D eigenvalue weighted by Crippen LogP contribution is -2.13. The van der Waals surface area contributed by atoms with Gasteiger partial charge in [0.25, 0.3) is 0 Å². The van der Waals surface area contributed by atoms with Gasteiger partial charge in [-0.25, -0.2) is 9.78 Å². The summed E-state index contributed by atoms with van der Waals surface area (Å²) in [5.41, 5.74) is 2.48. The molecule has 3 rings (SSSR count). The molecule has 0 saturated carbocycles. The number of nitrogens with one attached hydrogen (secondary N) is 1. The number of benzene rings is 1. The molecule has 0 aliphatic rings. The Morgan fingerprint density at radius 1 is 1.14 bits per heavy atom. The van der Waals surface area contributed by atoms with E-state index in [2.05, 4.69) is 10.3 Å². The first-order valence-electron chi connectivity index (χ1n) is 9.25. The minimum atomic E-state index is -0.366. The summed E-state index contributed by atoms with van der Waals surface area (Å²) in [5, 5.41) is 6.20. The van der Waals surface area contributed by atoms with Crippen LogP contribution in [0.4, 0.5) is 5.00 Å². The van der Waals surface area contributed by atoms with Crippen molar-refractivity contribution in [3.63, 3.8) is 0 Å². The van der Waals surface area contributed by atoms with Crippen molar-refractivity contribution in [2.75, 3.05) is 18.5 Å². The number of rotatable bonds is 8. The highest BCUT2D eigenvalue weighted by molar-refractivity contribution is 7.18. The van der Waals surface area contributed by atoms with Crippen LogP contribution in [0.25, 0.3) is 10.6 Å². The Hall–Kier alpha value is -2.71. The molecule has 0 atom stereocenters. The maximum Gasteiger partial charge on any atom is 0.348 e. The van der Waals surface area contributed by atoms with Crippen molar-refractivity contribution in [1.29, 1.82) is 0 Å². The molecule has 0 spiro atoms. The molecule has 0 aliphatic heterocycles. The number of nitrogens with zero attached hydrogens (tertiary/aromatic N) is 1. The maximum atomic E-state index is 12.4. The number of carbonyl (C=O) groups excluding carboxylic acids is 2. The summed E-state index contributed by atoms with van der Waals surface area (Å²) in [6.45, 7) is 6.47. The van der Waals surface area contributed by atoms with Crippen molar-refractivity contribution in [3.05, 3.63) is 51.8 Å². The smallest absolute Gasteiger partial charge is 0.348 e. The average Bonchev–Trinajstić information content (AvgIpc) is 3.29. The van der Waals surface area contributed by atoms with Crippen LogP contribution in [0, 0.1) is 6.92 Å². The Labute approximate surface area is 177 Å². The molecule has 0 fully saturated rings. The molecule has 1 N–H and O–H groups in total. The Balaban J connectivity index is 1.62. The first kappa shape index (κ1) is 21.0. The van der Waals surface area contributed by atoms with Crippen LogP contribution in [0.1, 0.15) is 34.8 Å². The molecule has 2 heterocycles. The van der Waals surface area contributed by atoms with Gasteiger partial charge >= 0.3 is 5.97 Å². The van der Waals surface area contributed by atoms with Gasteiger partial charge in [0.2, 0.25) is 5.91 Å². The molecule has 8 heteroatoms. The fourth-order valence-electron chi connectivity index (χ4n) is 2.67. The van der Waals surface area contributed by atoms with Gasteiger partial charge in [-0.05, 0) is 56.7 Å². The monoisotopic (exact) mass is 430 g/mol. The van der Waals surface area contributed by atoms with Gasteiger partial charge in [0, 0.05) is 10.9 Å². The number of carbonyl (C=O) groups is 2. The molecular weight excluding hydrogens is 408 g/mol. The lowest BCUT2D eigenvalue weighted by atomic mass is 10.2. The van der Waals surface area contributed by atoms with E-state index in [4.69, 9.17) is 9.47 Å². The molecule has 2 aromatic heterocycles. The zero-order chi connectivity index (χ0) is 20.8. The van der Waals surface area contributed by atoms with E-state index < -0.39 is 0 Å². The zero-order valence-corrected chi connectivity index (χ0v) is 18.1. The lowest BCUT2D eigenvalue weighted by molar-refractivity contribution is -0.115. The van der Waals surface area contributed by atoms with E-state index >= 15 is 0 Å². The van der Waals surface area contributed by atoms with E-state index in [1.807, 2.05) is 43.5 Å². The van der Waals surface area contributed by atoms with Crippen molar-refractivity contribution in [3.8, 4) is 16.3 Å². The third kappa shape index (κ3) is 5.42. The van der Waals surface area contributed by atoms with E-state index in [1.165, 1.54) is 22.7 Å². The van der Waals surface area contributed by atoms with Crippen molar-refractivity contribution in [2.24, 2.45) is 0 Å². The molecule has 6 nitrogen and oxygen atoms in total. The average molecular weight is 431 g/mol. The first-order chi connectivity index (χ1) is 14.0. The normalized spacial score (nSPS) is 10.6. The predicted molar refractivity (Wildman–Crippen MR) is 116 cm³/mol. The van der Waals surface area contributed by atoms with Crippen LogP contribution in [0.15, 0.2) is 35.7 Å². The van der Waals surface area contributed by atoms with Gasteiger partial charge in [-0.2, -0.15) is 0 Å². The standard InChI is InChI=1S/C21H22N2O4S2/c1-4-26-16-8-6-14(7-9-16)20-22-15(12-28-20)11-17(24)23-18-10-13(3)19(29-18)21(25)27-5-2/h6-10,12H,4-5,11H2,1-3H3,(H,23,24). The van der Waals surface area contributed by atoms with E-state index in [9.17, 15) is 9.59 Å². The molecule has 0 radical (unpaired) electrons. The van der Waals surface area contributed by atoms with Gasteiger partial charge in [0.15, 0.2) is 0 Å². The Kier molecular flexibility index (Phi) is 7.00. The van der Waals surface area contributed by atoms with Crippen LogP contribution in [0.5, 0.6) is 5.75 Å². The summed E-state index contributed by atoms with van der Waals surface area (Å²) >= 11 is 2.71. The van der Waals surface area contributed by atoms with Crippen LogP contribution < -0.4 is 10.1 Å². The summed E-state index contributed by atoms with van der Waals surface area (Å²) in [5.74, 6) is 0.279. The number of aryl methyl sites for hydroxylation is 1. The van der Waals surface area contributed by atoms with Crippen molar-refractivity contribution in [1.82, 2.24) is 4.98 Å². The molecule has 152 valence electrons. The second-order valence-corrected chi connectivity index (χ2v) is 8.08. The summed E-state index contributed by atoms with van der Waals surface area (Å²) in [6, 6.07) is 9.51. The fraction of sp³-hybridized carbons (Fsp3) is 0.286. The van der Waals surface area contributed by atoms with Gasteiger partial charge in [0.1, 0.15) is 15.6 Å². The van der Waals surface area contributed by atoms with Gasteiger partial charge in [-0.15, -0.1) is 22.7 Å². The zero-order valence-electron chi connectivity index (χ0n) is 16.5. The number of hydrogen-bond donors (Lipinski definition) is 1. The number of hydrogen-bond acceptors (Lipinski definition) is 7. The number of esters is 1. The van der Waals surface area contributed by atoms with Crippen LogP contribution in [-0.4, -0.2) is 30.1 Å². The van der Waals surface area contributed by atoms with E-state index in [0.717, 1.165) is 21.9 Å². The number of amides is 1. The summed E-state index contributed by atoms with van der Waals surface area (Å²) < 4.78 is 10.5. The van der Waals surface area contributed by atoms with Crippen molar-refractivity contribution >= 4 is 39.6 Å². The van der Waals surface area contributed by atoms with Crippen LogP contribution in [0.3, 0.4) is 0 Å². The molecule has 1 aromatic carbocycles. The fourth-order valence-corrected chi connectivity index (χ4v) is 4.48. The lowest BCUT2D eigenvalue weighted by Gasteiger charge is -2.03. The Bertz CT molecular complexity index is 993. The topological polar surface area (TPSA) is 77.5 Å². The summed E-state index contributed by atoms with van der Waals surface area (Å²) in [4.78, 5) is 29.4. The second kappa shape index (κ2) is 9.67. The molecule has 0 saturated heterocycles. The molecule has 1 amide bonds. The minimum Gasteiger partial charge on any atom is -0.494 e. The molecule has 0 aliphatic carbocycles. The molecular formula is C21H22N2O4S2. The predicted octanol–water partition coefficient (Wildman–Crippen LogP) is 4.94. The Morgan fingerprint density at radius 2 is 1.90 bits per heavy atom. The minimum absolute atomic E-state index is 0.166. The SMILES string of the molecule is CCOC(=O)c1sc(NC(=O)Cc2csc(-c3ccc(OCC)cc3)n2)cc1C. The number of anilines is 1. The molecule has 0 bridgehead atoms. The molecule has 3 aromatic rings. The summed E-state index contributed by atoms with van der Waals surface area (Å²) in [6.07, 6.45) is 0.166. The van der Waals surface area contributed by atoms with Crippen LogP contribution in [0.2, 0.25) is 0 Å². The highest BCUT2D eigenvalue weighted by Gasteiger charge is 2.16. The van der Waals surface area contributed by atoms with Crippen LogP contribution >= 0.6 is 22.7 Å². The number of thiazole rings is 1.